The lowest BCUT2D eigenvalue weighted by atomic mass is 9.96. The van der Waals surface area contributed by atoms with Crippen LogP contribution < -0.4 is 5.73 Å². The number of aliphatic hydroxyl groups excluding tert-OH is 2. The van der Waals surface area contributed by atoms with Crippen molar-refractivity contribution in [2.24, 2.45) is 5.92 Å². The van der Waals surface area contributed by atoms with E-state index in [4.69, 9.17) is 5.73 Å². The number of nitrogens with zero attached hydrogens (tertiary/aromatic N) is 5. The highest BCUT2D eigenvalue weighted by Gasteiger charge is 2.42. The number of nitrogens with two attached hydrogens (primary N) is 1. The molecule has 1 aliphatic rings. The first kappa shape index (κ1) is 19.0. The summed E-state index contributed by atoms with van der Waals surface area (Å²) >= 11 is 0. The number of imidazole rings is 1. The lowest BCUT2D eigenvalue weighted by Gasteiger charge is -2.19. The number of nitrogen functional groups attached to an aromatic ring is 1. The van der Waals surface area contributed by atoms with Crippen LogP contribution in [0.2, 0.25) is 0 Å². The van der Waals surface area contributed by atoms with Gasteiger partial charge in [-0.3, -0.25) is 0 Å². The van der Waals surface area contributed by atoms with Gasteiger partial charge in [0.15, 0.2) is 0 Å². The Bertz CT molecular complexity index is 1170. The summed E-state index contributed by atoms with van der Waals surface area (Å²) < 4.78 is 3.93. The second-order valence-electron chi connectivity index (χ2n) is 8.24. The molecule has 0 bridgehead atoms. The summed E-state index contributed by atoms with van der Waals surface area (Å²) in [6, 6.07) is 5.91. The fourth-order valence-corrected chi connectivity index (χ4v) is 4.76. The molecule has 8 heteroatoms. The van der Waals surface area contributed by atoms with Crippen molar-refractivity contribution in [1.29, 1.82) is 0 Å². The monoisotopic (exact) mass is 406 g/mol. The number of aromatic nitrogens is 5. The van der Waals surface area contributed by atoms with Crippen molar-refractivity contribution in [2.45, 2.75) is 50.4 Å². The van der Waals surface area contributed by atoms with Crippen LogP contribution in [0.3, 0.4) is 0 Å². The molecule has 4 N–H and O–H groups in total. The van der Waals surface area contributed by atoms with Crippen LogP contribution in [0.5, 0.6) is 0 Å². The number of fused-ring (bicyclic) bond motifs is 2. The van der Waals surface area contributed by atoms with Gasteiger partial charge >= 0.3 is 0 Å². The molecule has 0 saturated heterocycles. The Kier molecular flexibility index (Phi) is 4.88. The van der Waals surface area contributed by atoms with Gasteiger partial charge in [-0.1, -0.05) is 6.42 Å². The zero-order valence-electron chi connectivity index (χ0n) is 16.7. The van der Waals surface area contributed by atoms with Crippen LogP contribution in [0.15, 0.2) is 49.3 Å². The van der Waals surface area contributed by atoms with Crippen molar-refractivity contribution in [1.82, 2.24) is 23.9 Å². The van der Waals surface area contributed by atoms with Crippen molar-refractivity contribution < 1.29 is 10.2 Å². The molecule has 1 saturated carbocycles. The summed E-state index contributed by atoms with van der Waals surface area (Å²) in [4.78, 5) is 12.7. The smallest absolute Gasteiger partial charge is 0.145 e. The molecule has 156 valence electrons. The third-order valence-electron chi connectivity index (χ3n) is 6.42. The van der Waals surface area contributed by atoms with Crippen LogP contribution in [0, 0.1) is 5.92 Å². The van der Waals surface area contributed by atoms with Crippen LogP contribution >= 0.6 is 0 Å². The summed E-state index contributed by atoms with van der Waals surface area (Å²) in [5, 5.41) is 22.1. The van der Waals surface area contributed by atoms with Gasteiger partial charge < -0.3 is 24.9 Å². The highest BCUT2D eigenvalue weighted by molar-refractivity contribution is 5.86. The van der Waals surface area contributed by atoms with Crippen molar-refractivity contribution in [2.75, 3.05) is 5.73 Å². The quantitative estimate of drug-likeness (QED) is 0.424. The summed E-state index contributed by atoms with van der Waals surface area (Å²) in [6.07, 6.45) is 12.2. The van der Waals surface area contributed by atoms with Crippen LogP contribution in [0.1, 0.15) is 37.3 Å². The van der Waals surface area contributed by atoms with E-state index in [-0.39, 0.29) is 12.0 Å². The van der Waals surface area contributed by atoms with E-state index in [0.29, 0.717) is 11.5 Å². The predicted octanol–water partition coefficient (Wildman–Crippen LogP) is 2.36. The van der Waals surface area contributed by atoms with E-state index in [1.165, 1.54) is 11.9 Å². The van der Waals surface area contributed by atoms with Crippen LogP contribution in [-0.4, -0.2) is 46.3 Å². The van der Waals surface area contributed by atoms with Gasteiger partial charge in [0.2, 0.25) is 0 Å². The average molecular weight is 406 g/mol. The number of rotatable bonds is 6. The highest BCUT2D eigenvalue weighted by atomic mass is 16.3. The molecule has 0 amide bonds. The molecule has 0 spiro atoms. The van der Waals surface area contributed by atoms with Crippen LogP contribution in [0.4, 0.5) is 5.82 Å². The minimum atomic E-state index is -0.815. The van der Waals surface area contributed by atoms with Crippen molar-refractivity contribution in [3.05, 3.63) is 54.9 Å². The van der Waals surface area contributed by atoms with Gasteiger partial charge in [0.25, 0.3) is 0 Å². The molecular formula is C22H26N6O2. The molecule has 4 heterocycles. The summed E-state index contributed by atoms with van der Waals surface area (Å²) in [6.45, 7) is 0. The summed E-state index contributed by atoms with van der Waals surface area (Å²) in [5.74, 6) is 0.494. The molecule has 5 rings (SSSR count). The number of hydrogen-bond donors (Lipinski definition) is 3. The Labute approximate surface area is 174 Å². The zero-order valence-corrected chi connectivity index (χ0v) is 16.7. The van der Waals surface area contributed by atoms with E-state index < -0.39 is 12.2 Å². The van der Waals surface area contributed by atoms with Gasteiger partial charge in [0, 0.05) is 24.8 Å². The minimum absolute atomic E-state index is 0.0661. The van der Waals surface area contributed by atoms with E-state index in [0.717, 1.165) is 43.1 Å². The van der Waals surface area contributed by atoms with E-state index in [1.807, 2.05) is 33.6 Å². The largest absolute Gasteiger partial charge is 0.390 e. The maximum Gasteiger partial charge on any atom is 0.145 e. The molecule has 4 atom stereocenters. The molecule has 8 nitrogen and oxygen atoms in total. The Morgan fingerprint density at radius 1 is 1.03 bits per heavy atom. The van der Waals surface area contributed by atoms with Crippen LogP contribution in [0.25, 0.3) is 16.7 Å². The molecular weight excluding hydrogens is 380 g/mol. The molecule has 0 radical (unpaired) electrons. The Morgan fingerprint density at radius 2 is 1.93 bits per heavy atom. The van der Waals surface area contributed by atoms with Gasteiger partial charge in [-0.05, 0) is 55.4 Å². The van der Waals surface area contributed by atoms with Crippen molar-refractivity contribution in [3.8, 4) is 0 Å². The maximum absolute atomic E-state index is 10.7. The van der Waals surface area contributed by atoms with E-state index >= 15 is 0 Å². The molecule has 0 unspecified atom stereocenters. The molecule has 1 fully saturated rings. The third kappa shape index (κ3) is 3.32. The Balaban J connectivity index is 1.21. The van der Waals surface area contributed by atoms with Gasteiger partial charge in [-0.2, -0.15) is 0 Å². The maximum atomic E-state index is 10.7. The average Bonchev–Trinajstić information content (AvgIpc) is 3.45. The minimum Gasteiger partial charge on any atom is -0.390 e. The Hall–Kier alpha value is -2.97. The molecule has 0 aliphatic heterocycles. The first-order chi connectivity index (χ1) is 14.6. The second kappa shape index (κ2) is 7.70. The first-order valence-electron chi connectivity index (χ1n) is 10.5. The first-order valence-corrected chi connectivity index (χ1v) is 10.5. The fraction of sp³-hybridized carbons (Fsp3) is 0.409. The number of unbranched alkanes of at least 4 members (excludes halogenated alkanes) is 1. The third-order valence-corrected chi connectivity index (χ3v) is 6.42. The SMILES string of the molecule is Nc1ncnc2c1ccn2[C@@H]1C[C@H](CCCCc2ccn3ccnc3c2)[C@@H](O)[C@H]1O. The number of anilines is 1. The second-order valence-corrected chi connectivity index (χ2v) is 8.24. The lowest BCUT2D eigenvalue weighted by Crippen LogP contribution is -2.29. The number of hydrogen-bond acceptors (Lipinski definition) is 6. The molecule has 4 aromatic rings. The van der Waals surface area contributed by atoms with Crippen molar-refractivity contribution >= 4 is 22.5 Å². The lowest BCUT2D eigenvalue weighted by molar-refractivity contribution is 0.00502. The summed E-state index contributed by atoms with van der Waals surface area (Å²) in [7, 11) is 0. The van der Waals surface area contributed by atoms with Crippen molar-refractivity contribution in [3.63, 3.8) is 0 Å². The highest BCUT2D eigenvalue weighted by Crippen LogP contribution is 2.39. The van der Waals surface area contributed by atoms with E-state index in [2.05, 4.69) is 27.1 Å². The van der Waals surface area contributed by atoms with Gasteiger partial charge in [0.1, 0.15) is 29.5 Å². The number of aliphatic hydroxyl groups is 2. The fourth-order valence-electron chi connectivity index (χ4n) is 4.76. The number of pyridine rings is 1. The standard InChI is InChI=1S/C22H26N6O2/c23-21-16-6-9-28(22(16)26-13-25-21)17-12-15(19(29)20(17)30)4-2-1-3-14-5-8-27-10-7-24-18(27)11-14/h5-11,13,15,17,19-20,29-30H,1-4,12H2,(H2,23,25,26)/t15-,17+,19+,20-/m0/s1. The van der Waals surface area contributed by atoms with Crippen LogP contribution in [-0.2, 0) is 6.42 Å². The molecule has 4 aromatic heterocycles. The normalized spacial score (nSPS) is 24.2. The zero-order chi connectivity index (χ0) is 20.7. The topological polar surface area (TPSA) is 114 Å². The summed E-state index contributed by atoms with van der Waals surface area (Å²) in [5.41, 5.74) is 8.87. The molecule has 0 aromatic carbocycles. The van der Waals surface area contributed by atoms with E-state index in [9.17, 15) is 10.2 Å². The molecule has 30 heavy (non-hydrogen) atoms. The number of aryl methyl sites for hydroxylation is 1. The van der Waals surface area contributed by atoms with E-state index in [1.54, 1.807) is 6.20 Å². The Morgan fingerprint density at radius 3 is 2.83 bits per heavy atom. The predicted molar refractivity (Wildman–Crippen MR) is 114 cm³/mol. The van der Waals surface area contributed by atoms with Gasteiger partial charge in [-0.15, -0.1) is 0 Å². The molecule has 1 aliphatic carbocycles. The van der Waals surface area contributed by atoms with Gasteiger partial charge in [0.05, 0.1) is 17.5 Å². The van der Waals surface area contributed by atoms with Gasteiger partial charge in [-0.25, -0.2) is 15.0 Å².